The van der Waals surface area contributed by atoms with E-state index >= 15 is 0 Å². The highest BCUT2D eigenvalue weighted by atomic mass is 14.7. The summed E-state index contributed by atoms with van der Waals surface area (Å²) in [6, 6.07) is 41.3. The van der Waals surface area contributed by atoms with Gasteiger partial charge in [0, 0.05) is 5.54 Å². The van der Waals surface area contributed by atoms with Crippen LogP contribution in [-0.2, 0) is 12.0 Å². The van der Waals surface area contributed by atoms with Gasteiger partial charge in [-0.05, 0) is 76.6 Å². The molecular weight excluding hydrogens is 398 g/mol. The number of hydrogen-bond donors (Lipinski definition) is 1. The first-order valence-electron chi connectivity index (χ1n) is 11.5. The average Bonchev–Trinajstić information content (AvgIpc) is 2.84. The van der Waals surface area contributed by atoms with E-state index in [4.69, 9.17) is 5.73 Å². The van der Waals surface area contributed by atoms with E-state index in [-0.39, 0.29) is 0 Å². The molecule has 33 heavy (non-hydrogen) atoms. The van der Waals surface area contributed by atoms with Crippen molar-refractivity contribution in [2.24, 2.45) is 5.73 Å². The first-order valence-corrected chi connectivity index (χ1v) is 11.5. The summed E-state index contributed by atoms with van der Waals surface area (Å²) in [4.78, 5) is 0. The normalized spacial score (nSPS) is 13.1. The lowest BCUT2D eigenvalue weighted by Crippen LogP contribution is -2.35. The van der Waals surface area contributed by atoms with Gasteiger partial charge in [-0.1, -0.05) is 109 Å². The van der Waals surface area contributed by atoms with Gasteiger partial charge in [-0.15, -0.1) is 0 Å². The lowest BCUT2D eigenvalue weighted by molar-refractivity contribution is 0.491. The van der Waals surface area contributed by atoms with Crippen molar-refractivity contribution in [2.75, 3.05) is 0 Å². The molecule has 1 nitrogen and oxygen atoms in total. The standard InChI is InChI=1S/C32H29N/c1-23-12-14-25(15-13-23)30-20-27-10-6-7-11-28(27)21-31(30)26-16-18-29(19-17-26)32(2,33)22-24-8-4-3-5-9-24/h3-21H,22,33H2,1-2H3. The Morgan fingerprint density at radius 3 is 1.64 bits per heavy atom. The van der Waals surface area contributed by atoms with Crippen molar-refractivity contribution < 1.29 is 0 Å². The number of hydrogen-bond acceptors (Lipinski definition) is 1. The zero-order valence-electron chi connectivity index (χ0n) is 19.3. The predicted octanol–water partition coefficient (Wildman–Crippen LogP) is 7.90. The maximum atomic E-state index is 6.77. The topological polar surface area (TPSA) is 26.0 Å². The van der Waals surface area contributed by atoms with E-state index in [2.05, 4.69) is 123 Å². The quantitative estimate of drug-likeness (QED) is 0.303. The molecule has 0 aliphatic rings. The van der Waals surface area contributed by atoms with Gasteiger partial charge >= 0.3 is 0 Å². The van der Waals surface area contributed by atoms with Crippen LogP contribution in [0.5, 0.6) is 0 Å². The summed E-state index contributed by atoms with van der Waals surface area (Å²) in [7, 11) is 0. The molecule has 5 aromatic rings. The van der Waals surface area contributed by atoms with Crippen molar-refractivity contribution in [1.82, 2.24) is 0 Å². The van der Waals surface area contributed by atoms with Gasteiger partial charge < -0.3 is 5.73 Å². The Morgan fingerprint density at radius 2 is 1.09 bits per heavy atom. The van der Waals surface area contributed by atoms with E-state index in [0.717, 1.165) is 12.0 Å². The molecule has 2 N–H and O–H groups in total. The molecule has 1 heteroatoms. The highest BCUT2D eigenvalue weighted by molar-refractivity contribution is 5.96. The molecular formula is C32H29N. The molecule has 0 radical (unpaired) electrons. The van der Waals surface area contributed by atoms with Crippen LogP contribution in [0.15, 0.2) is 115 Å². The van der Waals surface area contributed by atoms with Crippen LogP contribution in [0.1, 0.15) is 23.6 Å². The van der Waals surface area contributed by atoms with Crippen molar-refractivity contribution >= 4 is 10.8 Å². The number of aryl methyl sites for hydroxylation is 1. The molecule has 0 fully saturated rings. The molecule has 0 aliphatic heterocycles. The zero-order chi connectivity index (χ0) is 22.8. The van der Waals surface area contributed by atoms with Crippen LogP contribution >= 0.6 is 0 Å². The van der Waals surface area contributed by atoms with Crippen molar-refractivity contribution in [3.05, 3.63) is 132 Å². The number of benzene rings is 5. The Labute approximate surface area is 196 Å². The third kappa shape index (κ3) is 4.46. The summed E-state index contributed by atoms with van der Waals surface area (Å²) >= 11 is 0. The lowest BCUT2D eigenvalue weighted by atomic mass is 9.85. The smallest absolute Gasteiger partial charge is 0.0421 e. The van der Waals surface area contributed by atoms with Gasteiger partial charge in [0.25, 0.3) is 0 Å². The summed E-state index contributed by atoms with van der Waals surface area (Å²) in [6.07, 6.45) is 0.803. The second-order valence-corrected chi connectivity index (χ2v) is 9.27. The Balaban J connectivity index is 1.56. The first kappa shape index (κ1) is 21.2. The first-order chi connectivity index (χ1) is 16.0. The van der Waals surface area contributed by atoms with E-state index < -0.39 is 5.54 Å². The number of rotatable bonds is 5. The van der Waals surface area contributed by atoms with E-state index in [1.165, 1.54) is 44.2 Å². The van der Waals surface area contributed by atoms with Gasteiger partial charge in [0.05, 0.1) is 0 Å². The van der Waals surface area contributed by atoms with Crippen molar-refractivity contribution in [3.8, 4) is 22.3 Å². The molecule has 5 rings (SSSR count). The maximum absolute atomic E-state index is 6.77. The molecule has 0 bridgehead atoms. The van der Waals surface area contributed by atoms with Gasteiger partial charge in [0.1, 0.15) is 0 Å². The Morgan fingerprint density at radius 1 is 0.606 bits per heavy atom. The van der Waals surface area contributed by atoms with Crippen molar-refractivity contribution in [2.45, 2.75) is 25.8 Å². The summed E-state index contributed by atoms with van der Waals surface area (Å²) in [5.74, 6) is 0. The minimum absolute atomic E-state index is 0.428. The highest BCUT2D eigenvalue weighted by Gasteiger charge is 2.22. The fourth-order valence-corrected chi connectivity index (χ4v) is 4.60. The number of nitrogens with two attached hydrogens (primary N) is 1. The van der Waals surface area contributed by atoms with Gasteiger partial charge in [0.15, 0.2) is 0 Å². The average molecular weight is 428 g/mol. The molecule has 162 valence electrons. The Kier molecular flexibility index (Phi) is 5.58. The van der Waals surface area contributed by atoms with Gasteiger partial charge in [-0.3, -0.25) is 0 Å². The highest BCUT2D eigenvalue weighted by Crippen LogP contribution is 2.36. The fourth-order valence-electron chi connectivity index (χ4n) is 4.60. The number of fused-ring (bicyclic) bond motifs is 1. The third-order valence-electron chi connectivity index (χ3n) is 6.52. The van der Waals surface area contributed by atoms with Gasteiger partial charge in [0.2, 0.25) is 0 Å². The van der Waals surface area contributed by atoms with Crippen molar-refractivity contribution in [1.29, 1.82) is 0 Å². The summed E-state index contributed by atoms with van der Waals surface area (Å²) < 4.78 is 0. The molecule has 0 aliphatic carbocycles. The second-order valence-electron chi connectivity index (χ2n) is 9.27. The second kappa shape index (κ2) is 8.69. The monoisotopic (exact) mass is 427 g/mol. The van der Waals surface area contributed by atoms with Crippen LogP contribution in [0.4, 0.5) is 0 Å². The fraction of sp³-hybridized carbons (Fsp3) is 0.125. The predicted molar refractivity (Wildman–Crippen MR) is 141 cm³/mol. The van der Waals surface area contributed by atoms with Crippen LogP contribution in [0, 0.1) is 6.92 Å². The summed E-state index contributed by atoms with van der Waals surface area (Å²) in [5.41, 5.74) is 14.9. The summed E-state index contributed by atoms with van der Waals surface area (Å²) in [5, 5.41) is 2.51. The largest absolute Gasteiger partial charge is 0.321 e. The van der Waals surface area contributed by atoms with Crippen LogP contribution < -0.4 is 5.73 Å². The zero-order valence-corrected chi connectivity index (χ0v) is 19.3. The lowest BCUT2D eigenvalue weighted by Gasteiger charge is -2.26. The van der Waals surface area contributed by atoms with Gasteiger partial charge in [-0.25, -0.2) is 0 Å². The van der Waals surface area contributed by atoms with E-state index in [9.17, 15) is 0 Å². The minimum atomic E-state index is -0.428. The summed E-state index contributed by atoms with van der Waals surface area (Å²) in [6.45, 7) is 4.24. The molecule has 0 spiro atoms. The molecule has 0 saturated carbocycles. The minimum Gasteiger partial charge on any atom is -0.321 e. The molecule has 1 atom stereocenters. The van der Waals surface area contributed by atoms with Crippen LogP contribution in [-0.4, -0.2) is 0 Å². The molecule has 0 heterocycles. The molecule has 0 amide bonds. The maximum Gasteiger partial charge on any atom is 0.0421 e. The van der Waals surface area contributed by atoms with Crippen LogP contribution in [0.2, 0.25) is 0 Å². The van der Waals surface area contributed by atoms with Crippen molar-refractivity contribution in [3.63, 3.8) is 0 Å². The third-order valence-corrected chi connectivity index (χ3v) is 6.52. The van der Waals surface area contributed by atoms with Crippen LogP contribution in [0.3, 0.4) is 0 Å². The molecule has 0 saturated heterocycles. The Bertz CT molecular complexity index is 1380. The molecule has 0 aromatic heterocycles. The molecule has 5 aromatic carbocycles. The van der Waals surface area contributed by atoms with E-state index in [1.54, 1.807) is 0 Å². The van der Waals surface area contributed by atoms with Gasteiger partial charge in [-0.2, -0.15) is 0 Å². The van der Waals surface area contributed by atoms with E-state index in [1.807, 2.05) is 6.07 Å². The SMILES string of the molecule is Cc1ccc(-c2cc3ccccc3cc2-c2ccc(C(C)(N)Cc3ccccc3)cc2)cc1. The van der Waals surface area contributed by atoms with E-state index in [0.29, 0.717) is 0 Å². The van der Waals surface area contributed by atoms with Crippen LogP contribution in [0.25, 0.3) is 33.0 Å². The Hall–Kier alpha value is -3.68. The molecule has 1 unspecified atom stereocenters.